The van der Waals surface area contributed by atoms with Gasteiger partial charge in [0.05, 0.1) is 37.3 Å². The second kappa shape index (κ2) is 15.7. The Labute approximate surface area is 293 Å². The number of aliphatic hydroxyl groups excluding tert-OH is 1. The Kier molecular flexibility index (Phi) is 11.2. The van der Waals surface area contributed by atoms with Gasteiger partial charge in [-0.05, 0) is 24.0 Å². The highest BCUT2D eigenvalue weighted by Gasteiger charge is 2.72. The number of carbonyl (C=O) groups is 4. The molecule has 0 saturated carbocycles. The molecule has 3 amide bonds. The number of benzene rings is 2. The molecule has 266 valence electrons. The first kappa shape index (κ1) is 35.5. The van der Waals surface area contributed by atoms with Gasteiger partial charge >= 0.3 is 5.97 Å². The fourth-order valence-electron chi connectivity index (χ4n) is 8.00. The average Bonchev–Trinajstić information content (AvgIpc) is 3.52. The maximum Gasteiger partial charge on any atom is 0.313 e. The van der Waals surface area contributed by atoms with Crippen LogP contribution in [0.3, 0.4) is 0 Å². The average molecular weight is 686 g/mol. The molecule has 11 heteroatoms. The second-order valence-corrected chi connectivity index (χ2v) is 13.5. The number of allylic oxidation sites excluding steroid dienone is 1. The molecule has 0 bridgehead atoms. The van der Waals surface area contributed by atoms with Crippen molar-refractivity contribution in [2.24, 2.45) is 11.8 Å². The van der Waals surface area contributed by atoms with Crippen LogP contribution in [-0.4, -0.2) is 95.8 Å². The molecule has 2 N–H and O–H groups in total. The summed E-state index contributed by atoms with van der Waals surface area (Å²) in [6, 6.07) is 15.5. The SMILES string of the molecule is CCCCCN1CC=C[C@]23O[C@@H]4/C=C\CCC(=O)N[C@H](COC)[C@@H](c5ccccc5)OC(=O)[C@@H]4[C@H]2C(=O)N([C@H](CO)c2ccccc2)[C@@H]3C1=O. The van der Waals surface area contributed by atoms with Crippen molar-refractivity contribution in [2.75, 3.05) is 33.4 Å². The molecule has 2 fully saturated rings. The Balaban J connectivity index is 1.47. The zero-order chi connectivity index (χ0) is 35.3. The van der Waals surface area contributed by atoms with Gasteiger partial charge in [-0.2, -0.15) is 0 Å². The summed E-state index contributed by atoms with van der Waals surface area (Å²) in [5.41, 5.74) is -0.205. The van der Waals surface area contributed by atoms with E-state index in [0.29, 0.717) is 30.6 Å². The summed E-state index contributed by atoms with van der Waals surface area (Å²) >= 11 is 0. The van der Waals surface area contributed by atoms with Crippen LogP contribution in [-0.2, 0) is 33.4 Å². The van der Waals surface area contributed by atoms with Gasteiger partial charge < -0.3 is 34.4 Å². The van der Waals surface area contributed by atoms with Crippen molar-refractivity contribution in [3.63, 3.8) is 0 Å². The molecule has 1 spiro atoms. The normalized spacial score (nSPS) is 31.0. The summed E-state index contributed by atoms with van der Waals surface area (Å²) in [5.74, 6) is -3.92. The molecule has 4 aliphatic rings. The number of ether oxygens (including phenoxy) is 3. The van der Waals surface area contributed by atoms with Crippen molar-refractivity contribution in [3.8, 4) is 0 Å². The summed E-state index contributed by atoms with van der Waals surface area (Å²) in [7, 11) is 1.51. The largest absolute Gasteiger partial charge is 0.455 e. The van der Waals surface area contributed by atoms with E-state index >= 15 is 4.79 Å². The number of esters is 1. The molecule has 4 heterocycles. The standard InChI is InChI=1S/C39H47N3O8/c1-3-4-13-22-41-23-14-21-39-33(36(45)42(35(39)37(41)46)29(24-43)26-15-7-5-8-16-26)32-30(50-39)19-11-12-20-31(44)40-28(25-48-2)34(49-38(32)47)27-17-9-6-10-18-27/h5-11,14-19,21,28-30,32-35,43H,3-4,12-13,20,22-25H2,1-2H3,(H,40,44)/b19-11-/t28-,29-,30-,32+,33+,34-,35-,39+/m1/s1. The van der Waals surface area contributed by atoms with Gasteiger partial charge in [0, 0.05) is 26.6 Å². The lowest BCUT2D eigenvalue weighted by Crippen LogP contribution is -2.56. The van der Waals surface area contributed by atoms with Gasteiger partial charge in [-0.15, -0.1) is 0 Å². The summed E-state index contributed by atoms with van der Waals surface area (Å²) in [5, 5.41) is 13.8. The number of methoxy groups -OCH3 is 1. The number of nitrogens with one attached hydrogen (secondary N) is 1. The minimum atomic E-state index is -1.52. The molecule has 0 aliphatic carbocycles. The van der Waals surface area contributed by atoms with Crippen LogP contribution in [0.25, 0.3) is 0 Å². The Morgan fingerprint density at radius 1 is 1.00 bits per heavy atom. The van der Waals surface area contributed by atoms with Crippen LogP contribution in [0.4, 0.5) is 0 Å². The number of amides is 3. The van der Waals surface area contributed by atoms with Crippen LogP contribution in [0.5, 0.6) is 0 Å². The minimum Gasteiger partial charge on any atom is -0.455 e. The van der Waals surface area contributed by atoms with E-state index in [0.717, 1.165) is 19.3 Å². The number of cyclic esters (lactones) is 1. The van der Waals surface area contributed by atoms with Gasteiger partial charge in [0.1, 0.15) is 23.7 Å². The predicted molar refractivity (Wildman–Crippen MR) is 184 cm³/mol. The maximum atomic E-state index is 15.0. The highest BCUT2D eigenvalue weighted by molar-refractivity contribution is 5.99. The highest BCUT2D eigenvalue weighted by Crippen LogP contribution is 2.55. The van der Waals surface area contributed by atoms with Crippen LogP contribution < -0.4 is 5.32 Å². The van der Waals surface area contributed by atoms with Gasteiger partial charge in [-0.25, -0.2) is 0 Å². The van der Waals surface area contributed by atoms with Gasteiger partial charge in [-0.1, -0.05) is 105 Å². The quantitative estimate of drug-likeness (QED) is 0.220. The van der Waals surface area contributed by atoms with Gasteiger partial charge in [-0.3, -0.25) is 19.2 Å². The van der Waals surface area contributed by atoms with E-state index in [1.807, 2.05) is 66.7 Å². The third-order valence-electron chi connectivity index (χ3n) is 10.3. The van der Waals surface area contributed by atoms with E-state index < -0.39 is 66.3 Å². The zero-order valence-electron chi connectivity index (χ0n) is 28.7. The molecular weight excluding hydrogens is 638 g/mol. The molecule has 0 unspecified atom stereocenters. The predicted octanol–water partition coefficient (Wildman–Crippen LogP) is 3.66. The molecular formula is C39H47N3O8. The topological polar surface area (TPSA) is 135 Å². The fraction of sp³-hybridized carbons (Fsp3) is 0.487. The van der Waals surface area contributed by atoms with E-state index in [4.69, 9.17) is 14.2 Å². The van der Waals surface area contributed by atoms with Crippen LogP contribution >= 0.6 is 0 Å². The molecule has 2 aromatic rings. The summed E-state index contributed by atoms with van der Waals surface area (Å²) in [6.07, 6.45) is 8.55. The van der Waals surface area contributed by atoms with Gasteiger partial charge in [0.25, 0.3) is 0 Å². The number of likely N-dealkylation sites (tertiary alicyclic amines) is 1. The zero-order valence-corrected chi connectivity index (χ0v) is 28.7. The minimum absolute atomic E-state index is 0.0710. The van der Waals surface area contributed by atoms with Crippen LogP contribution in [0.1, 0.15) is 62.3 Å². The number of unbranched alkanes of at least 4 members (excludes halogenated alkanes) is 2. The van der Waals surface area contributed by atoms with E-state index in [1.54, 1.807) is 23.1 Å². The smallest absolute Gasteiger partial charge is 0.313 e. The molecule has 2 aromatic carbocycles. The maximum absolute atomic E-state index is 15.0. The van der Waals surface area contributed by atoms with Crippen LogP contribution in [0, 0.1) is 11.8 Å². The Morgan fingerprint density at radius 3 is 2.44 bits per heavy atom. The molecule has 11 nitrogen and oxygen atoms in total. The number of aliphatic hydroxyl groups is 1. The van der Waals surface area contributed by atoms with Crippen molar-refractivity contribution in [1.29, 1.82) is 0 Å². The Hall–Kier alpha value is -4.32. The molecule has 6 rings (SSSR count). The first-order valence-electron chi connectivity index (χ1n) is 17.7. The van der Waals surface area contributed by atoms with Gasteiger partial charge in [0.15, 0.2) is 0 Å². The number of hydrogen-bond acceptors (Lipinski definition) is 8. The monoisotopic (exact) mass is 685 g/mol. The van der Waals surface area contributed by atoms with Gasteiger partial charge in [0.2, 0.25) is 17.7 Å². The molecule has 8 atom stereocenters. The van der Waals surface area contributed by atoms with Crippen molar-refractivity contribution in [3.05, 3.63) is 96.1 Å². The third-order valence-corrected chi connectivity index (χ3v) is 10.3. The van der Waals surface area contributed by atoms with Crippen molar-refractivity contribution in [1.82, 2.24) is 15.1 Å². The van der Waals surface area contributed by atoms with Crippen molar-refractivity contribution < 1.29 is 38.5 Å². The Morgan fingerprint density at radius 2 is 1.74 bits per heavy atom. The number of hydrogen-bond donors (Lipinski definition) is 2. The van der Waals surface area contributed by atoms with Crippen LogP contribution in [0.2, 0.25) is 0 Å². The van der Waals surface area contributed by atoms with Crippen molar-refractivity contribution in [2.45, 2.75) is 75.0 Å². The lowest BCUT2D eigenvalue weighted by Gasteiger charge is -2.38. The number of nitrogens with zero attached hydrogens (tertiary/aromatic N) is 2. The molecule has 4 aliphatic heterocycles. The number of fused-ring (bicyclic) bond motifs is 2. The van der Waals surface area contributed by atoms with Crippen LogP contribution in [0.15, 0.2) is 85.0 Å². The highest BCUT2D eigenvalue weighted by atomic mass is 16.6. The first-order valence-corrected chi connectivity index (χ1v) is 17.7. The lowest BCUT2D eigenvalue weighted by molar-refractivity contribution is -0.163. The number of rotatable bonds is 10. The summed E-state index contributed by atoms with van der Waals surface area (Å²) in [4.78, 5) is 60.6. The summed E-state index contributed by atoms with van der Waals surface area (Å²) < 4.78 is 18.7. The molecule has 0 radical (unpaired) electrons. The number of carbonyl (C=O) groups excluding carboxylic acids is 4. The molecule has 0 aromatic heterocycles. The Bertz CT molecular complexity index is 1580. The second-order valence-electron chi connectivity index (χ2n) is 13.5. The van der Waals surface area contributed by atoms with E-state index in [9.17, 15) is 19.5 Å². The van der Waals surface area contributed by atoms with Crippen molar-refractivity contribution >= 4 is 23.7 Å². The van der Waals surface area contributed by atoms with E-state index in [-0.39, 0.29) is 24.8 Å². The fourth-order valence-corrected chi connectivity index (χ4v) is 8.00. The lowest BCUT2D eigenvalue weighted by atomic mass is 9.77. The third kappa shape index (κ3) is 6.74. The van der Waals surface area contributed by atoms with E-state index in [2.05, 4.69) is 12.2 Å². The molecule has 2 saturated heterocycles. The summed E-state index contributed by atoms with van der Waals surface area (Å²) in [6.45, 7) is 2.56. The molecule has 50 heavy (non-hydrogen) atoms. The first-order chi connectivity index (χ1) is 24.3. The van der Waals surface area contributed by atoms with E-state index in [1.165, 1.54) is 12.0 Å².